The molecule has 1 heteroatoms. The molecule has 0 heterocycles. The minimum Gasteiger partial charge on any atom is -0.388 e. The molecule has 0 unspecified atom stereocenters. The largest absolute Gasteiger partial charge is 0.388 e. The second kappa shape index (κ2) is 5.40. The van der Waals surface area contributed by atoms with Gasteiger partial charge in [-0.1, -0.05) is 12.2 Å². The van der Waals surface area contributed by atoms with Crippen LogP contribution in [0.5, 0.6) is 0 Å². The topological polar surface area (TPSA) is 20.2 Å². The van der Waals surface area contributed by atoms with E-state index in [9.17, 15) is 0 Å². The lowest BCUT2D eigenvalue weighted by Gasteiger charge is -1.95. The molecule has 0 aliphatic carbocycles. The van der Waals surface area contributed by atoms with Crippen molar-refractivity contribution >= 4 is 0 Å². The van der Waals surface area contributed by atoms with Crippen LogP contribution in [0.1, 0.15) is 20.3 Å². The molecule has 0 fully saturated rings. The van der Waals surface area contributed by atoms with Crippen LogP contribution in [-0.4, -0.2) is 11.2 Å². The number of aliphatic hydroxyl groups is 1. The summed E-state index contributed by atoms with van der Waals surface area (Å²) < 4.78 is 0. The van der Waals surface area contributed by atoms with Crippen LogP contribution in [0.15, 0.2) is 12.2 Å². The molecule has 0 aliphatic heterocycles. The maximum atomic E-state index is 8.99. The van der Waals surface area contributed by atoms with Crippen LogP contribution in [0.2, 0.25) is 0 Å². The molecule has 0 saturated carbocycles. The van der Waals surface area contributed by atoms with Gasteiger partial charge in [0.1, 0.15) is 0 Å². The zero-order valence-electron chi connectivity index (χ0n) is 5.89. The summed E-state index contributed by atoms with van der Waals surface area (Å²) in [5.74, 6) is 5.49. The van der Waals surface area contributed by atoms with Crippen LogP contribution < -0.4 is 0 Å². The Kier molecular flexibility index (Phi) is 4.95. The summed E-state index contributed by atoms with van der Waals surface area (Å²) in [4.78, 5) is 0. The first kappa shape index (κ1) is 8.26. The Bertz CT molecular complexity index is 136. The maximum Gasteiger partial charge on any atom is 0.0830 e. The first-order chi connectivity index (χ1) is 4.31. The summed E-state index contributed by atoms with van der Waals surface area (Å²) in [5, 5.41) is 8.99. The van der Waals surface area contributed by atoms with Gasteiger partial charge in [-0.05, 0) is 13.8 Å². The van der Waals surface area contributed by atoms with Crippen LogP contribution in [-0.2, 0) is 0 Å². The molecule has 0 aromatic rings. The Morgan fingerprint density at radius 1 is 1.67 bits per heavy atom. The number of hydrogen-bond donors (Lipinski definition) is 1. The average Bonchev–Trinajstić information content (AvgIpc) is 1.85. The lowest BCUT2D eigenvalue weighted by molar-refractivity contribution is 0.229. The molecule has 0 saturated heterocycles. The van der Waals surface area contributed by atoms with Gasteiger partial charge in [-0.2, -0.15) is 0 Å². The molecule has 0 aromatic carbocycles. The Labute approximate surface area is 56.4 Å². The number of allylic oxidation sites excluding steroid dienone is 1. The average molecular weight is 124 g/mol. The van der Waals surface area contributed by atoms with E-state index >= 15 is 0 Å². The van der Waals surface area contributed by atoms with Crippen LogP contribution in [0.4, 0.5) is 0 Å². The van der Waals surface area contributed by atoms with E-state index in [1.54, 1.807) is 13.0 Å². The van der Waals surface area contributed by atoms with Gasteiger partial charge in [0.15, 0.2) is 0 Å². The summed E-state index contributed by atoms with van der Waals surface area (Å²) in [7, 11) is 0. The lowest BCUT2D eigenvalue weighted by atomic mass is 10.2. The standard InChI is InChI=1S/C8H12O/c1-3-5-7-8(9)6-4-2/h4,6,8-9H,7H2,1-2H3/b6-4+/t8-/m0/s1. The zero-order chi connectivity index (χ0) is 7.11. The van der Waals surface area contributed by atoms with Crippen molar-refractivity contribution in [3.8, 4) is 11.8 Å². The lowest BCUT2D eigenvalue weighted by Crippen LogP contribution is -1.98. The number of rotatable bonds is 2. The van der Waals surface area contributed by atoms with Crippen molar-refractivity contribution in [3.63, 3.8) is 0 Å². The Balaban J connectivity index is 3.46. The van der Waals surface area contributed by atoms with Gasteiger partial charge in [0, 0.05) is 6.42 Å². The third kappa shape index (κ3) is 5.13. The first-order valence-corrected chi connectivity index (χ1v) is 3.01. The Morgan fingerprint density at radius 2 is 2.33 bits per heavy atom. The fraction of sp³-hybridized carbons (Fsp3) is 0.500. The van der Waals surface area contributed by atoms with Crippen LogP contribution in [0.3, 0.4) is 0 Å². The fourth-order valence-corrected chi connectivity index (χ4v) is 0.497. The number of hydrogen-bond acceptors (Lipinski definition) is 1. The minimum absolute atomic E-state index is 0.387. The number of aliphatic hydroxyl groups excluding tert-OH is 1. The van der Waals surface area contributed by atoms with E-state index in [2.05, 4.69) is 11.8 Å². The van der Waals surface area contributed by atoms with E-state index < -0.39 is 0 Å². The molecule has 0 aromatic heterocycles. The Morgan fingerprint density at radius 3 is 2.78 bits per heavy atom. The highest BCUT2D eigenvalue weighted by molar-refractivity contribution is 5.00. The molecule has 0 rings (SSSR count). The monoisotopic (exact) mass is 124 g/mol. The van der Waals surface area contributed by atoms with E-state index in [4.69, 9.17) is 5.11 Å². The van der Waals surface area contributed by atoms with E-state index in [-0.39, 0.29) is 6.10 Å². The van der Waals surface area contributed by atoms with Crippen molar-refractivity contribution in [2.45, 2.75) is 26.4 Å². The van der Waals surface area contributed by atoms with E-state index in [0.29, 0.717) is 6.42 Å². The van der Waals surface area contributed by atoms with Crippen molar-refractivity contribution in [1.29, 1.82) is 0 Å². The summed E-state index contributed by atoms with van der Waals surface area (Å²) in [6.45, 7) is 3.64. The quantitative estimate of drug-likeness (QED) is 0.435. The molecule has 0 aliphatic rings. The molecule has 50 valence electrons. The highest BCUT2D eigenvalue weighted by Crippen LogP contribution is 1.90. The van der Waals surface area contributed by atoms with Crippen LogP contribution in [0.25, 0.3) is 0 Å². The van der Waals surface area contributed by atoms with Crippen LogP contribution in [0, 0.1) is 11.8 Å². The Hall–Kier alpha value is -0.740. The van der Waals surface area contributed by atoms with Gasteiger partial charge in [0.25, 0.3) is 0 Å². The molecule has 0 amide bonds. The highest BCUT2D eigenvalue weighted by Gasteiger charge is 1.91. The molecule has 9 heavy (non-hydrogen) atoms. The second-order valence-electron chi connectivity index (χ2n) is 1.72. The van der Waals surface area contributed by atoms with Gasteiger partial charge >= 0.3 is 0 Å². The summed E-state index contributed by atoms with van der Waals surface area (Å²) in [6, 6.07) is 0. The molecular weight excluding hydrogens is 112 g/mol. The normalized spacial score (nSPS) is 12.8. The van der Waals surface area contributed by atoms with E-state index in [0.717, 1.165) is 0 Å². The molecule has 1 N–H and O–H groups in total. The summed E-state index contributed by atoms with van der Waals surface area (Å²) in [5.41, 5.74) is 0. The van der Waals surface area contributed by atoms with Gasteiger partial charge in [-0.3, -0.25) is 0 Å². The van der Waals surface area contributed by atoms with Gasteiger partial charge in [0.05, 0.1) is 6.10 Å². The molecule has 0 bridgehead atoms. The van der Waals surface area contributed by atoms with Crippen molar-refractivity contribution in [2.24, 2.45) is 0 Å². The smallest absolute Gasteiger partial charge is 0.0830 e. The van der Waals surface area contributed by atoms with Gasteiger partial charge in [-0.25, -0.2) is 0 Å². The summed E-state index contributed by atoms with van der Waals surface area (Å²) >= 11 is 0. The summed E-state index contributed by atoms with van der Waals surface area (Å²) in [6.07, 6.45) is 3.70. The van der Waals surface area contributed by atoms with Gasteiger partial charge < -0.3 is 5.11 Å². The molecule has 0 radical (unpaired) electrons. The van der Waals surface area contributed by atoms with Gasteiger partial charge in [-0.15, -0.1) is 11.8 Å². The predicted octanol–water partition coefficient (Wildman–Crippen LogP) is 1.34. The fourth-order valence-electron chi connectivity index (χ4n) is 0.497. The molecular formula is C8H12O. The van der Waals surface area contributed by atoms with Crippen molar-refractivity contribution in [1.82, 2.24) is 0 Å². The molecule has 0 spiro atoms. The second-order valence-corrected chi connectivity index (χ2v) is 1.72. The molecule has 1 atom stereocenters. The van der Waals surface area contributed by atoms with Crippen molar-refractivity contribution in [3.05, 3.63) is 12.2 Å². The van der Waals surface area contributed by atoms with Crippen LogP contribution >= 0.6 is 0 Å². The van der Waals surface area contributed by atoms with Gasteiger partial charge in [0.2, 0.25) is 0 Å². The predicted molar refractivity (Wildman–Crippen MR) is 38.9 cm³/mol. The van der Waals surface area contributed by atoms with Crippen molar-refractivity contribution in [2.75, 3.05) is 0 Å². The SMILES string of the molecule is CC#CC[C@@H](O)/C=C/C. The minimum atomic E-state index is -0.387. The molecule has 1 nitrogen and oxygen atoms in total. The maximum absolute atomic E-state index is 8.99. The third-order valence-corrected chi connectivity index (χ3v) is 0.903. The van der Waals surface area contributed by atoms with Crippen molar-refractivity contribution < 1.29 is 5.11 Å². The van der Waals surface area contributed by atoms with E-state index in [1.807, 2.05) is 13.0 Å². The highest BCUT2D eigenvalue weighted by atomic mass is 16.3. The zero-order valence-corrected chi connectivity index (χ0v) is 5.89. The van der Waals surface area contributed by atoms with E-state index in [1.165, 1.54) is 0 Å². The third-order valence-electron chi connectivity index (χ3n) is 0.903. The first-order valence-electron chi connectivity index (χ1n) is 3.01.